The quantitative estimate of drug-likeness (QED) is 0.847. The number of nitrogens with one attached hydrogen (secondary N) is 1. The number of carbonyl (C=O) groups excluding carboxylic acids is 1. The van der Waals surface area contributed by atoms with Crippen LogP contribution in [0.5, 0.6) is 0 Å². The molecular weight excluding hydrogens is 344 g/mol. The van der Waals surface area contributed by atoms with Gasteiger partial charge in [0.15, 0.2) is 5.69 Å². The SMILES string of the molecule is CCCn1nc(C(=O)N2CCCC2)c2c1CC[C@@H](NCc1cccs1)C2. The monoisotopic (exact) mass is 372 g/mol. The van der Waals surface area contributed by atoms with Crippen molar-refractivity contribution < 1.29 is 4.79 Å². The van der Waals surface area contributed by atoms with Gasteiger partial charge >= 0.3 is 0 Å². The van der Waals surface area contributed by atoms with E-state index in [0.717, 1.165) is 70.4 Å². The van der Waals surface area contributed by atoms with E-state index in [2.05, 4.69) is 34.4 Å². The Kier molecular flexibility index (Phi) is 5.41. The second-order valence-electron chi connectivity index (χ2n) is 7.40. The summed E-state index contributed by atoms with van der Waals surface area (Å²) < 4.78 is 2.11. The zero-order valence-corrected chi connectivity index (χ0v) is 16.4. The maximum atomic E-state index is 13.0. The van der Waals surface area contributed by atoms with Crippen LogP contribution >= 0.6 is 11.3 Å². The number of fused-ring (bicyclic) bond motifs is 1. The summed E-state index contributed by atoms with van der Waals surface area (Å²) in [5, 5.41) is 10.6. The Morgan fingerprint density at radius 2 is 2.23 bits per heavy atom. The molecule has 1 amide bonds. The Balaban J connectivity index is 1.53. The standard InChI is InChI=1S/C20H28N4OS/c1-2-9-24-18-8-7-15(21-14-16-6-5-12-26-16)13-17(18)19(22-24)20(25)23-10-3-4-11-23/h5-6,12,15,21H,2-4,7-11,13-14H2,1H3/t15-/m1/s1. The Bertz CT molecular complexity index is 746. The minimum absolute atomic E-state index is 0.146. The highest BCUT2D eigenvalue weighted by Crippen LogP contribution is 2.27. The molecular formula is C20H28N4OS. The van der Waals surface area contributed by atoms with E-state index >= 15 is 0 Å². The molecule has 26 heavy (non-hydrogen) atoms. The fourth-order valence-corrected chi connectivity index (χ4v) is 4.81. The van der Waals surface area contributed by atoms with Crippen molar-refractivity contribution >= 4 is 17.2 Å². The highest BCUT2D eigenvalue weighted by Gasteiger charge is 2.31. The summed E-state index contributed by atoms with van der Waals surface area (Å²) in [5.41, 5.74) is 3.21. The molecule has 1 atom stereocenters. The molecule has 1 saturated heterocycles. The van der Waals surface area contributed by atoms with Gasteiger partial charge in [0.2, 0.25) is 0 Å². The van der Waals surface area contributed by atoms with Crippen molar-refractivity contribution in [2.45, 2.75) is 64.6 Å². The lowest BCUT2D eigenvalue weighted by molar-refractivity contribution is 0.0784. The van der Waals surface area contributed by atoms with Gasteiger partial charge in [0.1, 0.15) is 0 Å². The third kappa shape index (κ3) is 3.58. The number of nitrogens with zero attached hydrogens (tertiary/aromatic N) is 3. The van der Waals surface area contributed by atoms with Crippen molar-refractivity contribution in [3.63, 3.8) is 0 Å². The molecule has 1 N–H and O–H groups in total. The van der Waals surface area contributed by atoms with Crippen LogP contribution in [0.1, 0.15) is 59.2 Å². The van der Waals surface area contributed by atoms with Gasteiger partial charge in [-0.25, -0.2) is 0 Å². The first-order chi connectivity index (χ1) is 12.8. The van der Waals surface area contributed by atoms with Crippen LogP contribution in [0.25, 0.3) is 0 Å². The van der Waals surface area contributed by atoms with E-state index in [9.17, 15) is 4.79 Å². The Labute approximate surface area is 159 Å². The van der Waals surface area contributed by atoms with Gasteiger partial charge in [-0.05, 0) is 50.0 Å². The zero-order chi connectivity index (χ0) is 17.9. The van der Waals surface area contributed by atoms with E-state index in [1.165, 1.54) is 16.1 Å². The van der Waals surface area contributed by atoms with Crippen LogP contribution in [0, 0.1) is 0 Å². The summed E-state index contributed by atoms with van der Waals surface area (Å²) in [5.74, 6) is 0.146. The predicted molar refractivity (Wildman–Crippen MR) is 105 cm³/mol. The summed E-state index contributed by atoms with van der Waals surface area (Å²) in [7, 11) is 0. The Morgan fingerprint density at radius 1 is 1.38 bits per heavy atom. The second-order valence-corrected chi connectivity index (χ2v) is 8.43. The largest absolute Gasteiger partial charge is 0.337 e. The number of aromatic nitrogens is 2. The molecule has 2 aromatic heterocycles. The molecule has 140 valence electrons. The van der Waals surface area contributed by atoms with E-state index in [-0.39, 0.29) is 5.91 Å². The number of amides is 1. The van der Waals surface area contributed by atoms with Gasteiger partial charge in [-0.15, -0.1) is 11.3 Å². The normalized spacial score (nSPS) is 19.7. The van der Waals surface area contributed by atoms with Crippen molar-refractivity contribution in [2.24, 2.45) is 0 Å². The second kappa shape index (κ2) is 7.92. The molecule has 0 bridgehead atoms. The van der Waals surface area contributed by atoms with Crippen molar-refractivity contribution in [2.75, 3.05) is 13.1 Å². The average molecular weight is 373 g/mol. The molecule has 5 nitrogen and oxygen atoms in total. The predicted octanol–water partition coefficient (Wildman–Crippen LogP) is 3.24. The van der Waals surface area contributed by atoms with E-state index in [1.807, 2.05) is 4.90 Å². The van der Waals surface area contributed by atoms with E-state index < -0.39 is 0 Å². The molecule has 0 spiro atoms. The van der Waals surface area contributed by atoms with Crippen LogP contribution in [0.15, 0.2) is 17.5 Å². The number of rotatable bonds is 6. The first-order valence-electron chi connectivity index (χ1n) is 9.90. The Morgan fingerprint density at radius 3 is 2.96 bits per heavy atom. The molecule has 1 aliphatic carbocycles. The van der Waals surface area contributed by atoms with E-state index in [0.29, 0.717) is 6.04 Å². The first kappa shape index (κ1) is 17.7. The van der Waals surface area contributed by atoms with Crippen molar-refractivity contribution in [3.05, 3.63) is 39.3 Å². The van der Waals surface area contributed by atoms with Gasteiger partial charge in [0.25, 0.3) is 5.91 Å². The number of hydrogen-bond acceptors (Lipinski definition) is 4. The molecule has 3 heterocycles. The van der Waals surface area contributed by atoms with Crippen LogP contribution in [0.2, 0.25) is 0 Å². The number of carbonyl (C=O) groups is 1. The van der Waals surface area contributed by atoms with Crippen molar-refractivity contribution in [3.8, 4) is 0 Å². The summed E-state index contributed by atoms with van der Waals surface area (Å²) >= 11 is 1.79. The minimum Gasteiger partial charge on any atom is -0.337 e. The van der Waals surface area contributed by atoms with E-state index in [4.69, 9.17) is 5.10 Å². The summed E-state index contributed by atoms with van der Waals surface area (Å²) in [6.45, 7) is 5.76. The molecule has 4 rings (SSSR count). The molecule has 0 radical (unpaired) electrons. The fraction of sp³-hybridized carbons (Fsp3) is 0.600. The third-order valence-corrected chi connectivity index (χ3v) is 6.40. The fourth-order valence-electron chi connectivity index (χ4n) is 4.16. The molecule has 0 aromatic carbocycles. The van der Waals surface area contributed by atoms with Crippen molar-refractivity contribution in [1.29, 1.82) is 0 Å². The maximum absolute atomic E-state index is 13.0. The van der Waals surface area contributed by atoms with Crippen LogP contribution in [0.4, 0.5) is 0 Å². The molecule has 0 saturated carbocycles. The molecule has 1 aliphatic heterocycles. The summed E-state index contributed by atoms with van der Waals surface area (Å²) in [6.07, 6.45) is 6.33. The maximum Gasteiger partial charge on any atom is 0.274 e. The van der Waals surface area contributed by atoms with Gasteiger partial charge in [-0.2, -0.15) is 5.10 Å². The van der Waals surface area contributed by atoms with Gasteiger partial charge < -0.3 is 10.2 Å². The molecule has 6 heteroatoms. The minimum atomic E-state index is 0.146. The average Bonchev–Trinajstić information content (AvgIpc) is 3.41. The lowest BCUT2D eigenvalue weighted by atomic mass is 9.91. The van der Waals surface area contributed by atoms with Gasteiger partial charge in [-0.1, -0.05) is 13.0 Å². The lowest BCUT2D eigenvalue weighted by Crippen LogP contribution is -2.35. The van der Waals surface area contributed by atoms with Gasteiger partial charge in [0.05, 0.1) is 0 Å². The summed E-state index contributed by atoms with van der Waals surface area (Å²) in [6, 6.07) is 4.70. The molecule has 1 fully saturated rings. The highest BCUT2D eigenvalue weighted by molar-refractivity contribution is 7.09. The van der Waals surface area contributed by atoms with Crippen LogP contribution in [0.3, 0.4) is 0 Å². The van der Waals surface area contributed by atoms with Crippen molar-refractivity contribution in [1.82, 2.24) is 20.0 Å². The third-order valence-electron chi connectivity index (χ3n) is 5.52. The van der Waals surface area contributed by atoms with Crippen LogP contribution in [-0.2, 0) is 25.9 Å². The zero-order valence-electron chi connectivity index (χ0n) is 15.5. The van der Waals surface area contributed by atoms with Crippen LogP contribution < -0.4 is 5.32 Å². The van der Waals surface area contributed by atoms with Gasteiger partial charge in [0, 0.05) is 48.4 Å². The smallest absolute Gasteiger partial charge is 0.274 e. The molecule has 0 unspecified atom stereocenters. The first-order valence-corrected chi connectivity index (χ1v) is 10.8. The van der Waals surface area contributed by atoms with Gasteiger partial charge in [-0.3, -0.25) is 9.48 Å². The number of aryl methyl sites for hydroxylation is 1. The number of thiophene rings is 1. The van der Waals surface area contributed by atoms with Crippen LogP contribution in [-0.4, -0.2) is 39.7 Å². The Hall–Kier alpha value is -1.66. The number of likely N-dealkylation sites (tertiary alicyclic amines) is 1. The molecule has 2 aliphatic rings. The molecule has 2 aromatic rings. The summed E-state index contributed by atoms with van der Waals surface area (Å²) in [4.78, 5) is 16.4. The van der Waals surface area contributed by atoms with E-state index in [1.54, 1.807) is 11.3 Å². The topological polar surface area (TPSA) is 50.2 Å². The number of hydrogen-bond donors (Lipinski definition) is 1. The lowest BCUT2D eigenvalue weighted by Gasteiger charge is -2.25. The highest BCUT2D eigenvalue weighted by atomic mass is 32.1.